The number of anilines is 1. The third-order valence-electron chi connectivity index (χ3n) is 3.73. The zero-order valence-corrected chi connectivity index (χ0v) is 13.0. The molecular formula is C15H23N3OS. The monoisotopic (exact) mass is 293 g/mol. The van der Waals surface area contributed by atoms with Crippen molar-refractivity contribution < 1.29 is 4.79 Å². The number of hydrogen-bond donors (Lipinski definition) is 2. The van der Waals surface area contributed by atoms with Crippen molar-refractivity contribution in [3.8, 4) is 0 Å². The molecule has 1 aliphatic rings. The van der Waals surface area contributed by atoms with Crippen molar-refractivity contribution in [2.75, 3.05) is 18.1 Å². The molecule has 1 aromatic rings. The highest BCUT2D eigenvalue weighted by Gasteiger charge is 2.23. The van der Waals surface area contributed by atoms with Gasteiger partial charge < -0.3 is 10.6 Å². The summed E-state index contributed by atoms with van der Waals surface area (Å²) in [5.41, 5.74) is 1.50. The standard InChI is InChI=1S/C15H23N3OS/c1-3-17-14-7-8-16-10-13(14)15(19)18-11-5-4-6-12(9-11)20-2/h7-8,10-12H,3-6,9H2,1-2H3,(H,16,17)(H,18,19). The number of carbonyl (C=O) groups is 1. The Kier molecular flexibility index (Phi) is 5.71. The Labute approximate surface area is 125 Å². The molecule has 1 aromatic heterocycles. The van der Waals surface area contributed by atoms with E-state index >= 15 is 0 Å². The van der Waals surface area contributed by atoms with Gasteiger partial charge in [0.05, 0.1) is 11.3 Å². The average molecular weight is 293 g/mol. The summed E-state index contributed by atoms with van der Waals surface area (Å²) in [6.45, 7) is 2.81. The molecule has 2 atom stereocenters. The summed E-state index contributed by atoms with van der Waals surface area (Å²) in [6, 6.07) is 2.15. The number of pyridine rings is 1. The van der Waals surface area contributed by atoms with Gasteiger partial charge in [-0.25, -0.2) is 0 Å². The van der Waals surface area contributed by atoms with E-state index in [0.717, 1.165) is 25.1 Å². The molecule has 0 radical (unpaired) electrons. The van der Waals surface area contributed by atoms with Crippen LogP contribution in [0.4, 0.5) is 5.69 Å². The molecule has 110 valence electrons. The molecule has 20 heavy (non-hydrogen) atoms. The number of hydrogen-bond acceptors (Lipinski definition) is 4. The van der Waals surface area contributed by atoms with Crippen molar-refractivity contribution in [3.05, 3.63) is 24.0 Å². The Bertz CT molecular complexity index is 452. The van der Waals surface area contributed by atoms with E-state index in [9.17, 15) is 4.79 Å². The molecule has 0 bridgehead atoms. The highest BCUT2D eigenvalue weighted by Crippen LogP contribution is 2.27. The predicted molar refractivity (Wildman–Crippen MR) is 85.4 cm³/mol. The minimum absolute atomic E-state index is 0.0131. The summed E-state index contributed by atoms with van der Waals surface area (Å²) in [5, 5.41) is 7.05. The minimum Gasteiger partial charge on any atom is -0.385 e. The lowest BCUT2D eigenvalue weighted by Gasteiger charge is -2.28. The van der Waals surface area contributed by atoms with Crippen molar-refractivity contribution in [3.63, 3.8) is 0 Å². The molecule has 1 saturated carbocycles. The maximum Gasteiger partial charge on any atom is 0.255 e. The van der Waals surface area contributed by atoms with Gasteiger partial charge in [0.15, 0.2) is 0 Å². The van der Waals surface area contributed by atoms with Crippen molar-refractivity contribution in [2.45, 2.75) is 43.9 Å². The minimum atomic E-state index is -0.0131. The van der Waals surface area contributed by atoms with E-state index in [1.54, 1.807) is 12.4 Å². The van der Waals surface area contributed by atoms with Gasteiger partial charge in [-0.3, -0.25) is 9.78 Å². The molecule has 1 aliphatic carbocycles. The molecule has 4 nitrogen and oxygen atoms in total. The smallest absolute Gasteiger partial charge is 0.255 e. The van der Waals surface area contributed by atoms with Crippen LogP contribution in [0, 0.1) is 0 Å². The first kappa shape index (κ1) is 15.2. The summed E-state index contributed by atoms with van der Waals surface area (Å²) in [4.78, 5) is 16.5. The summed E-state index contributed by atoms with van der Waals surface area (Å²) < 4.78 is 0. The van der Waals surface area contributed by atoms with Gasteiger partial charge in [-0.05, 0) is 38.5 Å². The third-order valence-corrected chi connectivity index (χ3v) is 4.82. The van der Waals surface area contributed by atoms with Crippen LogP contribution in [0.15, 0.2) is 18.5 Å². The fraction of sp³-hybridized carbons (Fsp3) is 0.600. The second kappa shape index (κ2) is 7.53. The fourth-order valence-electron chi connectivity index (χ4n) is 2.67. The van der Waals surface area contributed by atoms with E-state index < -0.39 is 0 Å². The molecule has 2 unspecified atom stereocenters. The van der Waals surface area contributed by atoms with Crippen LogP contribution < -0.4 is 10.6 Å². The first-order chi connectivity index (χ1) is 9.74. The molecule has 1 heterocycles. The number of amides is 1. The largest absolute Gasteiger partial charge is 0.385 e. The van der Waals surface area contributed by atoms with E-state index in [1.807, 2.05) is 24.8 Å². The molecule has 0 spiro atoms. The molecule has 2 N–H and O–H groups in total. The van der Waals surface area contributed by atoms with E-state index in [-0.39, 0.29) is 5.91 Å². The maximum absolute atomic E-state index is 12.4. The number of nitrogens with one attached hydrogen (secondary N) is 2. The first-order valence-electron chi connectivity index (χ1n) is 7.26. The fourth-order valence-corrected chi connectivity index (χ4v) is 3.50. The topological polar surface area (TPSA) is 54.0 Å². The van der Waals surface area contributed by atoms with Crippen LogP contribution in [0.5, 0.6) is 0 Å². The van der Waals surface area contributed by atoms with Gasteiger partial charge >= 0.3 is 0 Å². The zero-order valence-electron chi connectivity index (χ0n) is 12.2. The van der Waals surface area contributed by atoms with Crippen LogP contribution in [0.25, 0.3) is 0 Å². The molecule has 2 rings (SSSR count). The van der Waals surface area contributed by atoms with Gasteiger partial charge in [0.2, 0.25) is 0 Å². The molecule has 0 aliphatic heterocycles. The third kappa shape index (κ3) is 3.88. The Morgan fingerprint density at radius 2 is 2.35 bits per heavy atom. The van der Waals surface area contributed by atoms with Crippen LogP contribution in [0.1, 0.15) is 43.0 Å². The van der Waals surface area contributed by atoms with Crippen LogP contribution in [-0.4, -0.2) is 35.0 Å². The number of thioether (sulfide) groups is 1. The lowest BCUT2D eigenvalue weighted by atomic mass is 9.94. The quantitative estimate of drug-likeness (QED) is 0.876. The highest BCUT2D eigenvalue weighted by atomic mass is 32.2. The zero-order chi connectivity index (χ0) is 14.4. The predicted octanol–water partition coefficient (Wildman–Crippen LogP) is 2.92. The normalized spacial score (nSPS) is 22.3. The molecule has 0 aromatic carbocycles. The number of rotatable bonds is 5. The first-order valence-corrected chi connectivity index (χ1v) is 8.55. The molecule has 0 saturated heterocycles. The van der Waals surface area contributed by atoms with Gasteiger partial charge in [-0.15, -0.1) is 0 Å². The van der Waals surface area contributed by atoms with Crippen LogP contribution >= 0.6 is 11.8 Å². The number of aromatic nitrogens is 1. The number of nitrogens with zero attached hydrogens (tertiary/aromatic N) is 1. The van der Waals surface area contributed by atoms with E-state index in [2.05, 4.69) is 21.9 Å². The van der Waals surface area contributed by atoms with Gasteiger partial charge in [0.1, 0.15) is 0 Å². The van der Waals surface area contributed by atoms with Gasteiger partial charge in [0.25, 0.3) is 5.91 Å². The maximum atomic E-state index is 12.4. The van der Waals surface area contributed by atoms with Gasteiger partial charge in [0, 0.05) is 30.2 Å². The van der Waals surface area contributed by atoms with Gasteiger partial charge in [-0.1, -0.05) is 6.42 Å². The van der Waals surface area contributed by atoms with E-state index in [1.165, 1.54) is 12.8 Å². The molecule has 1 fully saturated rings. The van der Waals surface area contributed by atoms with Crippen molar-refractivity contribution in [1.29, 1.82) is 0 Å². The summed E-state index contributed by atoms with van der Waals surface area (Å²) in [6.07, 6.45) is 10.1. The summed E-state index contributed by atoms with van der Waals surface area (Å²) >= 11 is 1.91. The van der Waals surface area contributed by atoms with Crippen molar-refractivity contribution in [2.24, 2.45) is 0 Å². The molecule has 1 amide bonds. The summed E-state index contributed by atoms with van der Waals surface area (Å²) in [5.74, 6) is -0.0131. The van der Waals surface area contributed by atoms with E-state index in [0.29, 0.717) is 16.9 Å². The second-order valence-electron chi connectivity index (χ2n) is 5.15. The average Bonchev–Trinajstić information content (AvgIpc) is 2.48. The Hall–Kier alpha value is -1.23. The van der Waals surface area contributed by atoms with Crippen LogP contribution in [0.3, 0.4) is 0 Å². The number of carbonyl (C=O) groups excluding carboxylic acids is 1. The lowest BCUT2D eigenvalue weighted by molar-refractivity contribution is 0.0929. The SMILES string of the molecule is CCNc1ccncc1C(=O)NC1CCCC(SC)C1. The Morgan fingerprint density at radius 3 is 3.10 bits per heavy atom. The van der Waals surface area contributed by atoms with Crippen LogP contribution in [0.2, 0.25) is 0 Å². The highest BCUT2D eigenvalue weighted by molar-refractivity contribution is 7.99. The van der Waals surface area contributed by atoms with Gasteiger partial charge in [-0.2, -0.15) is 11.8 Å². The van der Waals surface area contributed by atoms with E-state index in [4.69, 9.17) is 0 Å². The Morgan fingerprint density at radius 1 is 1.50 bits per heavy atom. The lowest BCUT2D eigenvalue weighted by Crippen LogP contribution is -2.39. The Balaban J connectivity index is 2.01. The summed E-state index contributed by atoms with van der Waals surface area (Å²) in [7, 11) is 0. The second-order valence-corrected chi connectivity index (χ2v) is 6.28. The van der Waals surface area contributed by atoms with Crippen LogP contribution in [-0.2, 0) is 0 Å². The van der Waals surface area contributed by atoms with Crippen molar-refractivity contribution in [1.82, 2.24) is 10.3 Å². The molecular weight excluding hydrogens is 270 g/mol. The molecule has 5 heteroatoms. The van der Waals surface area contributed by atoms with Crippen molar-refractivity contribution >= 4 is 23.4 Å².